The first-order chi connectivity index (χ1) is 8.31. The van der Waals surface area contributed by atoms with Crippen molar-refractivity contribution in [3.8, 4) is 0 Å². The van der Waals surface area contributed by atoms with Gasteiger partial charge in [0.25, 0.3) is 0 Å². The molecule has 0 spiro atoms. The van der Waals surface area contributed by atoms with Crippen molar-refractivity contribution in [3.05, 3.63) is 24.3 Å². The number of carbonyl (C=O) groups is 1. The smallest absolute Gasteiger partial charge is 0.313 e. The van der Waals surface area contributed by atoms with Crippen LogP contribution in [0.15, 0.2) is 34.1 Å². The van der Waals surface area contributed by atoms with Gasteiger partial charge in [0.15, 0.2) is 0 Å². The summed E-state index contributed by atoms with van der Waals surface area (Å²) in [4.78, 5) is 11.3. The number of carboxylic acids is 1. The van der Waals surface area contributed by atoms with Gasteiger partial charge in [-0.25, -0.2) is 13.1 Å². The minimum absolute atomic E-state index is 0.0453. The number of carboxylic acid groups (broad SMARTS) is 1. The van der Waals surface area contributed by atoms with Gasteiger partial charge in [0.2, 0.25) is 10.0 Å². The Hall–Kier alpha value is -1.05. The highest BCUT2D eigenvalue weighted by molar-refractivity contribution is 8.00. The first-order valence-electron chi connectivity index (χ1n) is 5.28. The average Bonchev–Trinajstić information content (AvgIpc) is 2.25. The number of benzene rings is 1. The second-order valence-electron chi connectivity index (χ2n) is 3.93. The van der Waals surface area contributed by atoms with E-state index in [-0.39, 0.29) is 16.7 Å². The van der Waals surface area contributed by atoms with Crippen LogP contribution >= 0.6 is 11.8 Å². The van der Waals surface area contributed by atoms with Gasteiger partial charge in [0.1, 0.15) is 0 Å². The van der Waals surface area contributed by atoms with Gasteiger partial charge in [-0.2, -0.15) is 0 Å². The molecule has 0 radical (unpaired) electrons. The predicted molar refractivity (Wildman–Crippen MR) is 70.3 cm³/mol. The summed E-state index contributed by atoms with van der Waals surface area (Å²) in [5, 5.41) is 8.53. The maximum Gasteiger partial charge on any atom is 0.313 e. The molecule has 7 heteroatoms. The molecule has 0 aliphatic rings. The van der Waals surface area contributed by atoms with Crippen LogP contribution in [-0.2, 0) is 14.8 Å². The zero-order valence-electron chi connectivity index (χ0n) is 10.1. The van der Waals surface area contributed by atoms with Gasteiger partial charge in [0.05, 0.1) is 10.6 Å². The summed E-state index contributed by atoms with van der Waals surface area (Å²) in [6.07, 6.45) is 0. The Balaban J connectivity index is 2.79. The highest BCUT2D eigenvalue weighted by Crippen LogP contribution is 2.20. The topological polar surface area (TPSA) is 83.5 Å². The number of hydrogen-bond acceptors (Lipinski definition) is 4. The summed E-state index contributed by atoms with van der Waals surface area (Å²) in [6, 6.07) is 5.96. The third-order valence-corrected chi connectivity index (χ3v) is 4.56. The molecule has 0 unspecified atom stereocenters. The summed E-state index contributed by atoms with van der Waals surface area (Å²) in [7, 11) is -3.48. The van der Waals surface area contributed by atoms with E-state index < -0.39 is 16.0 Å². The van der Waals surface area contributed by atoms with E-state index in [1.165, 1.54) is 12.1 Å². The van der Waals surface area contributed by atoms with Crippen LogP contribution in [0.2, 0.25) is 0 Å². The lowest BCUT2D eigenvalue weighted by molar-refractivity contribution is -0.133. The van der Waals surface area contributed by atoms with Crippen molar-refractivity contribution in [1.29, 1.82) is 0 Å². The monoisotopic (exact) mass is 289 g/mol. The molecule has 5 nitrogen and oxygen atoms in total. The van der Waals surface area contributed by atoms with Gasteiger partial charge >= 0.3 is 5.97 Å². The molecule has 0 aliphatic heterocycles. The molecule has 0 atom stereocenters. The molecule has 2 N–H and O–H groups in total. The second-order valence-corrected chi connectivity index (χ2v) is 6.69. The molecule has 0 heterocycles. The molecule has 1 aromatic carbocycles. The Labute approximate surface area is 111 Å². The van der Waals surface area contributed by atoms with Crippen molar-refractivity contribution in [2.24, 2.45) is 0 Å². The van der Waals surface area contributed by atoms with Gasteiger partial charge in [0, 0.05) is 10.9 Å². The molecule has 0 aliphatic carbocycles. The number of sulfonamides is 1. The van der Waals surface area contributed by atoms with Crippen LogP contribution in [-0.4, -0.2) is 31.3 Å². The molecule has 0 aromatic heterocycles. The molecular weight excluding hydrogens is 274 g/mol. The second kappa shape index (κ2) is 6.21. The maximum atomic E-state index is 11.8. The van der Waals surface area contributed by atoms with Crippen molar-refractivity contribution in [2.75, 3.05) is 5.75 Å². The normalized spacial score (nSPS) is 11.7. The van der Waals surface area contributed by atoms with Crippen LogP contribution in [0.3, 0.4) is 0 Å². The Morgan fingerprint density at radius 2 is 1.89 bits per heavy atom. The van der Waals surface area contributed by atoms with Crippen LogP contribution in [0.1, 0.15) is 13.8 Å². The van der Waals surface area contributed by atoms with Crippen molar-refractivity contribution >= 4 is 27.8 Å². The third kappa shape index (κ3) is 4.67. The van der Waals surface area contributed by atoms with Gasteiger partial charge in [-0.3, -0.25) is 4.79 Å². The molecule has 1 aromatic rings. The van der Waals surface area contributed by atoms with E-state index in [1.54, 1.807) is 26.0 Å². The SMILES string of the molecule is CC(C)NS(=O)(=O)c1ccc(SCC(=O)O)cc1. The van der Waals surface area contributed by atoms with Crippen LogP contribution in [0, 0.1) is 0 Å². The molecule has 0 bridgehead atoms. The zero-order chi connectivity index (χ0) is 13.8. The third-order valence-electron chi connectivity index (χ3n) is 1.89. The first kappa shape index (κ1) is 15.0. The highest BCUT2D eigenvalue weighted by Gasteiger charge is 2.14. The Morgan fingerprint density at radius 1 is 1.33 bits per heavy atom. The summed E-state index contributed by atoms with van der Waals surface area (Å²) in [5.74, 6) is -0.950. The first-order valence-corrected chi connectivity index (χ1v) is 7.75. The van der Waals surface area contributed by atoms with Gasteiger partial charge in [-0.05, 0) is 38.1 Å². The number of rotatable bonds is 6. The predicted octanol–water partition coefficient (Wildman–Crippen LogP) is 1.55. The fourth-order valence-corrected chi connectivity index (χ4v) is 3.11. The fourth-order valence-electron chi connectivity index (χ4n) is 1.24. The lowest BCUT2D eigenvalue weighted by Crippen LogP contribution is -2.30. The van der Waals surface area contributed by atoms with E-state index in [1.807, 2.05) is 0 Å². The Kier molecular flexibility index (Phi) is 5.18. The quantitative estimate of drug-likeness (QED) is 0.776. The van der Waals surface area contributed by atoms with E-state index in [9.17, 15) is 13.2 Å². The van der Waals surface area contributed by atoms with Gasteiger partial charge in [-0.1, -0.05) is 0 Å². The molecule has 18 heavy (non-hydrogen) atoms. The van der Waals surface area contributed by atoms with E-state index in [2.05, 4.69) is 4.72 Å². The number of thioether (sulfide) groups is 1. The van der Waals surface area contributed by atoms with Crippen LogP contribution in [0.5, 0.6) is 0 Å². The van der Waals surface area contributed by atoms with Gasteiger partial charge < -0.3 is 5.11 Å². The largest absolute Gasteiger partial charge is 0.481 e. The fraction of sp³-hybridized carbons (Fsp3) is 0.364. The molecule has 0 amide bonds. The average molecular weight is 289 g/mol. The molecule has 100 valence electrons. The Bertz CT molecular complexity index is 508. The Morgan fingerprint density at radius 3 is 2.33 bits per heavy atom. The van der Waals surface area contributed by atoms with Gasteiger partial charge in [-0.15, -0.1) is 11.8 Å². The lowest BCUT2D eigenvalue weighted by Gasteiger charge is -2.09. The van der Waals surface area contributed by atoms with Crippen molar-refractivity contribution in [1.82, 2.24) is 4.72 Å². The molecule has 1 rings (SSSR count). The lowest BCUT2D eigenvalue weighted by atomic mass is 10.4. The zero-order valence-corrected chi connectivity index (χ0v) is 11.7. The minimum atomic E-state index is -3.48. The molecule has 0 fully saturated rings. The van der Waals surface area contributed by atoms with E-state index in [4.69, 9.17) is 5.11 Å². The number of nitrogens with one attached hydrogen (secondary N) is 1. The molecule has 0 saturated carbocycles. The van der Waals surface area contributed by atoms with Crippen molar-refractivity contribution in [3.63, 3.8) is 0 Å². The maximum absolute atomic E-state index is 11.8. The highest BCUT2D eigenvalue weighted by atomic mass is 32.2. The van der Waals surface area contributed by atoms with Crippen LogP contribution < -0.4 is 4.72 Å². The number of hydrogen-bond donors (Lipinski definition) is 2. The van der Waals surface area contributed by atoms with Crippen molar-refractivity contribution in [2.45, 2.75) is 29.7 Å². The molecular formula is C11H15NO4S2. The van der Waals surface area contributed by atoms with Crippen LogP contribution in [0.25, 0.3) is 0 Å². The summed E-state index contributed by atoms with van der Waals surface area (Å²) in [5.41, 5.74) is 0. The standard InChI is InChI=1S/C11H15NO4S2/c1-8(2)12-18(15,16)10-5-3-9(4-6-10)17-7-11(13)14/h3-6,8,12H,7H2,1-2H3,(H,13,14). The van der Waals surface area contributed by atoms with E-state index in [0.29, 0.717) is 0 Å². The van der Waals surface area contributed by atoms with Crippen LogP contribution in [0.4, 0.5) is 0 Å². The molecule has 0 saturated heterocycles. The number of aliphatic carboxylic acids is 1. The van der Waals surface area contributed by atoms with E-state index in [0.717, 1.165) is 16.7 Å². The minimum Gasteiger partial charge on any atom is -0.481 e. The summed E-state index contributed by atoms with van der Waals surface area (Å²) in [6.45, 7) is 3.49. The van der Waals surface area contributed by atoms with E-state index >= 15 is 0 Å². The summed E-state index contributed by atoms with van der Waals surface area (Å²) < 4.78 is 26.1. The van der Waals surface area contributed by atoms with Crippen molar-refractivity contribution < 1.29 is 18.3 Å². The summed E-state index contributed by atoms with van der Waals surface area (Å²) >= 11 is 1.15.